The van der Waals surface area contributed by atoms with E-state index in [4.69, 9.17) is 5.73 Å². The van der Waals surface area contributed by atoms with Gasteiger partial charge in [-0.15, -0.1) is 0 Å². The number of alkyl halides is 3. The monoisotopic (exact) mass is 523 g/mol. The highest BCUT2D eigenvalue weighted by molar-refractivity contribution is 6.03. The molecule has 198 valence electrons. The molecule has 4 N–H and O–H groups in total. The predicted octanol–water partition coefficient (Wildman–Crippen LogP) is 4.42. The Balaban J connectivity index is 1.44. The van der Waals surface area contributed by atoms with Gasteiger partial charge in [-0.3, -0.25) is 9.48 Å². The third kappa shape index (κ3) is 5.79. The number of hydrogen-bond acceptors (Lipinski definition) is 5. The van der Waals surface area contributed by atoms with E-state index < -0.39 is 17.8 Å². The Bertz CT molecular complexity index is 1440. The molecule has 1 aliphatic carbocycles. The molecule has 1 atom stereocenters. The van der Waals surface area contributed by atoms with Gasteiger partial charge in [0.2, 0.25) is 0 Å². The highest BCUT2D eigenvalue weighted by Gasteiger charge is 2.36. The van der Waals surface area contributed by atoms with E-state index >= 15 is 0 Å². The van der Waals surface area contributed by atoms with Gasteiger partial charge >= 0.3 is 6.18 Å². The van der Waals surface area contributed by atoms with Gasteiger partial charge in [-0.1, -0.05) is 24.3 Å². The molecule has 1 fully saturated rings. The maximum atomic E-state index is 13.5. The number of rotatable bonds is 9. The van der Waals surface area contributed by atoms with Crippen molar-refractivity contribution < 1.29 is 18.0 Å². The lowest BCUT2D eigenvalue weighted by Gasteiger charge is -2.19. The van der Waals surface area contributed by atoms with Crippen molar-refractivity contribution in [1.29, 1.82) is 0 Å². The summed E-state index contributed by atoms with van der Waals surface area (Å²) in [5, 5.41) is 14.3. The smallest absolute Gasteiger partial charge is 0.326 e. The van der Waals surface area contributed by atoms with Crippen LogP contribution >= 0.6 is 0 Å². The van der Waals surface area contributed by atoms with Gasteiger partial charge in [0.1, 0.15) is 5.69 Å². The van der Waals surface area contributed by atoms with Crippen LogP contribution in [0.3, 0.4) is 0 Å². The fourth-order valence-electron chi connectivity index (χ4n) is 4.31. The van der Waals surface area contributed by atoms with Crippen molar-refractivity contribution in [2.24, 2.45) is 18.7 Å². The maximum Gasteiger partial charge on any atom is 0.435 e. The molecule has 5 rings (SSSR count). The Morgan fingerprint density at radius 3 is 2.61 bits per heavy atom. The van der Waals surface area contributed by atoms with Gasteiger partial charge in [0.15, 0.2) is 5.69 Å². The Hall–Kier alpha value is -3.96. The first kappa shape index (κ1) is 25.7. The largest absolute Gasteiger partial charge is 0.435 e. The molecular weight excluding hydrogens is 495 g/mol. The molecule has 8 nitrogen and oxygen atoms in total. The van der Waals surface area contributed by atoms with E-state index in [1.807, 2.05) is 25.4 Å². The molecule has 11 heteroatoms. The average Bonchev–Trinajstić information content (AvgIpc) is 3.43. The van der Waals surface area contributed by atoms with Crippen molar-refractivity contribution >= 4 is 11.6 Å². The van der Waals surface area contributed by atoms with E-state index in [1.165, 1.54) is 12.8 Å². The van der Waals surface area contributed by atoms with Crippen molar-refractivity contribution in [3.63, 3.8) is 0 Å². The van der Waals surface area contributed by atoms with Crippen LogP contribution in [0, 0.1) is 5.92 Å². The van der Waals surface area contributed by atoms with Crippen LogP contribution in [0.4, 0.5) is 18.9 Å². The van der Waals surface area contributed by atoms with Crippen LogP contribution < -0.4 is 16.4 Å². The van der Waals surface area contributed by atoms with E-state index in [-0.39, 0.29) is 18.3 Å². The molecule has 2 aromatic carbocycles. The van der Waals surface area contributed by atoms with Gasteiger partial charge in [-0.05, 0) is 60.7 Å². The minimum atomic E-state index is -4.71. The number of aromatic nitrogens is 4. The predicted molar refractivity (Wildman–Crippen MR) is 137 cm³/mol. The van der Waals surface area contributed by atoms with E-state index in [9.17, 15) is 18.0 Å². The van der Waals surface area contributed by atoms with Gasteiger partial charge in [-0.2, -0.15) is 23.4 Å². The lowest BCUT2D eigenvalue weighted by molar-refractivity contribution is -0.141. The first-order valence-electron chi connectivity index (χ1n) is 12.3. The molecule has 1 amide bonds. The first-order chi connectivity index (χ1) is 18.2. The van der Waals surface area contributed by atoms with Gasteiger partial charge in [-0.25, -0.2) is 4.68 Å². The molecule has 0 aliphatic heterocycles. The molecule has 4 aromatic rings. The topological polar surface area (TPSA) is 103 Å². The summed E-state index contributed by atoms with van der Waals surface area (Å²) >= 11 is 0. The number of nitrogens with zero attached hydrogens (tertiary/aromatic N) is 4. The molecule has 1 aliphatic rings. The number of benzene rings is 2. The van der Waals surface area contributed by atoms with E-state index in [0.29, 0.717) is 22.9 Å². The quantitative estimate of drug-likeness (QED) is 0.301. The molecule has 0 spiro atoms. The van der Waals surface area contributed by atoms with Crippen molar-refractivity contribution in [2.75, 3.05) is 11.9 Å². The normalized spacial score (nSPS) is 14.4. The fourth-order valence-corrected chi connectivity index (χ4v) is 4.31. The summed E-state index contributed by atoms with van der Waals surface area (Å²) in [5.41, 5.74) is 7.63. The van der Waals surface area contributed by atoms with Crippen molar-refractivity contribution in [3.05, 3.63) is 95.1 Å². The number of amides is 1. The van der Waals surface area contributed by atoms with E-state index in [0.717, 1.165) is 28.4 Å². The van der Waals surface area contributed by atoms with Gasteiger partial charge in [0.05, 0.1) is 17.9 Å². The Labute approximate surface area is 217 Å². The van der Waals surface area contributed by atoms with Crippen molar-refractivity contribution in [1.82, 2.24) is 24.9 Å². The fraction of sp³-hybridized carbons (Fsp3) is 0.296. The number of nitrogens with two attached hydrogens (primary N) is 1. The summed E-state index contributed by atoms with van der Waals surface area (Å²) < 4.78 is 43.3. The average molecular weight is 524 g/mol. The second-order valence-electron chi connectivity index (χ2n) is 9.51. The molecule has 2 heterocycles. The number of aryl methyl sites for hydroxylation is 1. The molecule has 1 saturated carbocycles. The van der Waals surface area contributed by atoms with Gasteiger partial charge < -0.3 is 16.4 Å². The standard InChI is InChI=1S/C27H28F3N7O/c1-36-16-20(15-33-36)25(32-14-17-8-9-17)19-5-3-6-21(11-19)34-26(38)23-12-24(27(28,29)30)35-37(23)22-7-2-4-18(10-22)13-31/h2-7,10-12,15-17,25,32H,8-9,13-14,31H2,1H3,(H,34,38). The van der Waals surface area contributed by atoms with Crippen molar-refractivity contribution in [2.45, 2.75) is 31.6 Å². The highest BCUT2D eigenvalue weighted by atomic mass is 19.4. The second kappa shape index (κ2) is 10.4. The number of nitrogens with one attached hydrogen (secondary N) is 2. The molecule has 0 radical (unpaired) electrons. The number of hydrogen-bond donors (Lipinski definition) is 3. The van der Waals surface area contributed by atoms with Crippen LogP contribution in [0.25, 0.3) is 5.69 Å². The van der Waals surface area contributed by atoms with Crippen LogP contribution in [0.1, 0.15) is 51.8 Å². The SMILES string of the molecule is Cn1cc(C(NCC2CC2)c2cccc(NC(=O)c3cc(C(F)(F)F)nn3-c3cccc(CN)c3)c2)cn1. The zero-order valence-electron chi connectivity index (χ0n) is 20.7. The van der Waals surface area contributed by atoms with Gasteiger partial charge in [0, 0.05) is 37.1 Å². The number of carbonyl (C=O) groups is 1. The lowest BCUT2D eigenvalue weighted by atomic mass is 10.0. The molecule has 38 heavy (non-hydrogen) atoms. The summed E-state index contributed by atoms with van der Waals surface area (Å²) in [6.45, 7) is 1.06. The van der Waals surface area contributed by atoms with Crippen LogP contribution in [-0.2, 0) is 19.8 Å². The zero-order chi connectivity index (χ0) is 26.9. The second-order valence-corrected chi connectivity index (χ2v) is 9.51. The molecule has 2 aromatic heterocycles. The number of anilines is 1. The third-order valence-corrected chi connectivity index (χ3v) is 6.47. The summed E-state index contributed by atoms with van der Waals surface area (Å²) in [6, 6.07) is 14.4. The Kier molecular flexibility index (Phi) is 7.04. The van der Waals surface area contributed by atoms with Crippen LogP contribution in [0.5, 0.6) is 0 Å². The van der Waals surface area contributed by atoms with E-state index in [2.05, 4.69) is 20.8 Å². The molecular formula is C27H28F3N7O. The summed E-state index contributed by atoms with van der Waals surface area (Å²) in [6.07, 6.45) is 1.41. The van der Waals surface area contributed by atoms with Crippen LogP contribution in [0.2, 0.25) is 0 Å². The molecule has 0 bridgehead atoms. The first-order valence-corrected chi connectivity index (χ1v) is 12.3. The maximum absolute atomic E-state index is 13.5. The minimum absolute atomic E-state index is 0.150. The van der Waals surface area contributed by atoms with E-state index in [1.54, 1.807) is 47.3 Å². The summed E-state index contributed by atoms with van der Waals surface area (Å²) in [5.74, 6) is -0.0647. The third-order valence-electron chi connectivity index (χ3n) is 6.47. The summed E-state index contributed by atoms with van der Waals surface area (Å²) in [4.78, 5) is 13.3. The highest BCUT2D eigenvalue weighted by Crippen LogP contribution is 2.32. The number of carbonyl (C=O) groups excluding carboxylic acids is 1. The van der Waals surface area contributed by atoms with Crippen molar-refractivity contribution in [3.8, 4) is 5.69 Å². The molecule has 0 saturated heterocycles. The van der Waals surface area contributed by atoms with Gasteiger partial charge in [0.25, 0.3) is 5.91 Å². The Morgan fingerprint density at radius 1 is 1.13 bits per heavy atom. The zero-order valence-corrected chi connectivity index (χ0v) is 20.7. The lowest BCUT2D eigenvalue weighted by Crippen LogP contribution is -2.24. The van der Waals surface area contributed by atoms with Crippen LogP contribution in [-0.4, -0.2) is 32.0 Å². The Morgan fingerprint density at radius 2 is 1.92 bits per heavy atom. The summed E-state index contributed by atoms with van der Waals surface area (Å²) in [7, 11) is 1.85. The van der Waals surface area contributed by atoms with Crippen LogP contribution in [0.15, 0.2) is 67.0 Å². The molecule has 1 unspecified atom stereocenters. The number of halogens is 3. The minimum Gasteiger partial charge on any atom is -0.326 e.